The third-order valence-electron chi connectivity index (χ3n) is 6.11. The lowest BCUT2D eigenvalue weighted by Crippen LogP contribution is -2.44. The minimum absolute atomic E-state index is 0.199. The first-order chi connectivity index (χ1) is 15.4. The predicted molar refractivity (Wildman–Crippen MR) is 112 cm³/mol. The molecule has 2 aliphatic heterocycles. The highest BCUT2D eigenvalue weighted by atomic mass is 19.1. The molecule has 0 spiro atoms. The van der Waals surface area contributed by atoms with Crippen LogP contribution >= 0.6 is 0 Å². The molecule has 2 aromatic carbocycles. The minimum Gasteiger partial charge on any atom is -0.486 e. The van der Waals surface area contributed by atoms with E-state index in [9.17, 15) is 18.0 Å². The summed E-state index contributed by atoms with van der Waals surface area (Å²) in [7, 11) is 1.72. The summed E-state index contributed by atoms with van der Waals surface area (Å²) in [5, 5.41) is 0. The highest BCUT2D eigenvalue weighted by Crippen LogP contribution is 2.35. The first-order valence-corrected chi connectivity index (χ1v) is 10.2. The second kappa shape index (κ2) is 7.94. The van der Waals surface area contributed by atoms with Gasteiger partial charge < -0.3 is 9.64 Å². The van der Waals surface area contributed by atoms with Crippen LogP contribution in [-0.4, -0.2) is 53.0 Å². The summed E-state index contributed by atoms with van der Waals surface area (Å²) in [6.45, 7) is 1.40. The molecular weight excluding hydrogens is 419 g/mol. The Balaban J connectivity index is 1.44. The van der Waals surface area contributed by atoms with E-state index >= 15 is 0 Å². The van der Waals surface area contributed by atoms with Gasteiger partial charge >= 0.3 is 0 Å². The minimum atomic E-state index is -0.689. The van der Waals surface area contributed by atoms with Crippen molar-refractivity contribution >= 4 is 5.91 Å². The number of hydrogen-bond donors (Lipinski definition) is 0. The lowest BCUT2D eigenvalue weighted by Gasteiger charge is -2.25. The number of benzene rings is 2. The van der Waals surface area contributed by atoms with Gasteiger partial charge in [0.05, 0.1) is 17.8 Å². The Morgan fingerprint density at radius 3 is 2.62 bits per heavy atom. The molecule has 0 bridgehead atoms. The maximum absolute atomic E-state index is 14.3. The number of rotatable bonds is 3. The van der Waals surface area contributed by atoms with E-state index in [0.717, 1.165) is 6.07 Å². The van der Waals surface area contributed by atoms with Crippen LogP contribution in [0.25, 0.3) is 11.1 Å². The van der Waals surface area contributed by atoms with Crippen molar-refractivity contribution in [2.24, 2.45) is 0 Å². The Kier molecular flexibility index (Phi) is 5.09. The molecule has 2 aliphatic rings. The van der Waals surface area contributed by atoms with Gasteiger partial charge in [0.2, 0.25) is 0 Å². The van der Waals surface area contributed by atoms with E-state index in [4.69, 9.17) is 4.74 Å². The normalized spacial score (nSPS) is 20.5. The molecule has 8 heteroatoms. The zero-order chi connectivity index (χ0) is 22.4. The molecule has 1 fully saturated rings. The molecular formula is C24H20F3N3O2. The lowest BCUT2D eigenvalue weighted by molar-refractivity contribution is 0.0682. The van der Waals surface area contributed by atoms with E-state index in [-0.39, 0.29) is 29.4 Å². The standard InChI is InChI=1S/C24H20F3N3O2/c1-29-21-12-30(11-15-6-7-28-10-20(15)27)13-23(21)32-22-8-14(2-4-18(22)24(29)31)17-5-3-16(25)9-19(17)26/h2-10,21,23H,11-13H2,1H3. The average molecular weight is 439 g/mol. The Bertz CT molecular complexity index is 1200. The molecule has 0 N–H and O–H groups in total. The van der Waals surface area contributed by atoms with E-state index in [1.54, 1.807) is 42.4 Å². The second-order valence-corrected chi connectivity index (χ2v) is 8.14. The van der Waals surface area contributed by atoms with Gasteiger partial charge in [-0.1, -0.05) is 6.07 Å². The summed E-state index contributed by atoms with van der Waals surface area (Å²) >= 11 is 0. The van der Waals surface area contributed by atoms with Gasteiger partial charge in [0.25, 0.3) is 5.91 Å². The summed E-state index contributed by atoms with van der Waals surface area (Å²) < 4.78 is 47.9. The summed E-state index contributed by atoms with van der Waals surface area (Å²) in [6.07, 6.45) is 2.40. The van der Waals surface area contributed by atoms with E-state index < -0.39 is 11.6 Å². The molecule has 164 valence electrons. The zero-order valence-electron chi connectivity index (χ0n) is 17.3. The highest BCUT2D eigenvalue weighted by Gasteiger charge is 2.42. The first kappa shape index (κ1) is 20.5. The third kappa shape index (κ3) is 3.60. The SMILES string of the molecule is CN1C(=O)c2ccc(-c3ccc(F)cc3F)cc2OC2CN(Cc3ccncc3F)CC21. The fraction of sp³-hybridized carbons (Fsp3) is 0.250. The predicted octanol–water partition coefficient (Wildman–Crippen LogP) is 3.88. The van der Waals surface area contributed by atoms with E-state index in [1.165, 1.54) is 18.3 Å². The number of amides is 1. The van der Waals surface area contributed by atoms with Crippen molar-refractivity contribution in [3.05, 3.63) is 83.4 Å². The highest BCUT2D eigenvalue weighted by molar-refractivity contribution is 5.98. The molecule has 0 saturated carbocycles. The van der Waals surface area contributed by atoms with Gasteiger partial charge in [-0.3, -0.25) is 14.7 Å². The van der Waals surface area contributed by atoms with Crippen LogP contribution in [0, 0.1) is 17.5 Å². The molecule has 32 heavy (non-hydrogen) atoms. The molecule has 5 nitrogen and oxygen atoms in total. The maximum atomic E-state index is 14.3. The first-order valence-electron chi connectivity index (χ1n) is 10.2. The molecule has 0 radical (unpaired) electrons. The van der Waals surface area contributed by atoms with Crippen molar-refractivity contribution in [2.45, 2.75) is 18.7 Å². The molecule has 5 rings (SSSR count). The monoisotopic (exact) mass is 439 g/mol. The van der Waals surface area contributed by atoms with Crippen molar-refractivity contribution < 1.29 is 22.7 Å². The van der Waals surface area contributed by atoms with Gasteiger partial charge in [-0.15, -0.1) is 0 Å². The van der Waals surface area contributed by atoms with Crippen LogP contribution in [0.4, 0.5) is 13.2 Å². The van der Waals surface area contributed by atoms with Crippen LogP contribution < -0.4 is 4.74 Å². The fourth-order valence-electron chi connectivity index (χ4n) is 4.41. The molecule has 2 unspecified atom stereocenters. The average Bonchev–Trinajstić information content (AvgIpc) is 3.12. The van der Waals surface area contributed by atoms with Crippen molar-refractivity contribution in [1.82, 2.24) is 14.8 Å². The van der Waals surface area contributed by atoms with E-state index in [1.807, 2.05) is 4.90 Å². The fourth-order valence-corrected chi connectivity index (χ4v) is 4.41. The molecule has 1 saturated heterocycles. The number of fused-ring (bicyclic) bond motifs is 2. The van der Waals surface area contributed by atoms with Crippen molar-refractivity contribution in [1.29, 1.82) is 0 Å². The number of halogens is 3. The van der Waals surface area contributed by atoms with Gasteiger partial charge in [-0.25, -0.2) is 13.2 Å². The summed E-state index contributed by atoms with van der Waals surface area (Å²) in [6, 6.07) is 9.65. The number of aromatic nitrogens is 1. The molecule has 1 aromatic heterocycles. The van der Waals surface area contributed by atoms with E-state index in [0.29, 0.717) is 42.1 Å². The number of ether oxygens (including phenoxy) is 1. The largest absolute Gasteiger partial charge is 0.486 e. The number of pyridine rings is 1. The van der Waals surface area contributed by atoms with Gasteiger partial charge in [-0.05, 0) is 35.9 Å². The van der Waals surface area contributed by atoms with Gasteiger partial charge in [-0.2, -0.15) is 0 Å². The smallest absolute Gasteiger partial charge is 0.257 e. The molecule has 3 heterocycles. The van der Waals surface area contributed by atoms with Crippen LogP contribution in [0.2, 0.25) is 0 Å². The maximum Gasteiger partial charge on any atom is 0.257 e. The quantitative estimate of drug-likeness (QED) is 0.622. The molecule has 3 aromatic rings. The Morgan fingerprint density at radius 1 is 1.03 bits per heavy atom. The second-order valence-electron chi connectivity index (χ2n) is 8.14. The van der Waals surface area contributed by atoms with Crippen LogP contribution in [0.15, 0.2) is 54.9 Å². The van der Waals surface area contributed by atoms with Gasteiger partial charge in [0.1, 0.15) is 29.3 Å². The summed E-state index contributed by atoms with van der Waals surface area (Å²) in [4.78, 5) is 20.6. The number of carbonyl (C=O) groups excluding carboxylic acids is 1. The summed E-state index contributed by atoms with van der Waals surface area (Å²) in [5.41, 5.74) is 1.63. The van der Waals surface area contributed by atoms with Crippen LogP contribution in [0.5, 0.6) is 5.75 Å². The number of carbonyl (C=O) groups is 1. The molecule has 0 aliphatic carbocycles. The lowest BCUT2D eigenvalue weighted by atomic mass is 10.0. The third-order valence-corrected chi connectivity index (χ3v) is 6.11. The zero-order valence-corrected chi connectivity index (χ0v) is 17.3. The number of hydrogen-bond acceptors (Lipinski definition) is 4. The Morgan fingerprint density at radius 2 is 1.84 bits per heavy atom. The van der Waals surface area contributed by atoms with Crippen LogP contribution in [-0.2, 0) is 6.54 Å². The topological polar surface area (TPSA) is 45.7 Å². The molecule has 1 amide bonds. The van der Waals surface area contributed by atoms with Crippen LogP contribution in [0.1, 0.15) is 15.9 Å². The van der Waals surface area contributed by atoms with Gasteiger partial charge in [0, 0.05) is 50.1 Å². The van der Waals surface area contributed by atoms with Gasteiger partial charge in [0.15, 0.2) is 0 Å². The Labute approximate surface area is 183 Å². The van der Waals surface area contributed by atoms with Crippen LogP contribution in [0.3, 0.4) is 0 Å². The van der Waals surface area contributed by atoms with Crippen molar-refractivity contribution in [3.63, 3.8) is 0 Å². The Hall–Kier alpha value is -3.39. The molecule has 2 atom stereocenters. The number of likely N-dealkylation sites (N-methyl/N-ethyl adjacent to an activating group) is 1. The summed E-state index contributed by atoms with van der Waals surface area (Å²) in [5.74, 6) is -1.57. The van der Waals surface area contributed by atoms with Crippen molar-refractivity contribution in [2.75, 3.05) is 20.1 Å². The van der Waals surface area contributed by atoms with Crippen molar-refractivity contribution in [3.8, 4) is 16.9 Å². The van der Waals surface area contributed by atoms with E-state index in [2.05, 4.69) is 4.98 Å². The number of nitrogens with zero attached hydrogens (tertiary/aromatic N) is 3. The number of likely N-dealkylation sites (tertiary alicyclic amines) is 1.